The van der Waals surface area contributed by atoms with Gasteiger partial charge in [0.15, 0.2) is 5.82 Å². The van der Waals surface area contributed by atoms with Crippen LogP contribution in [-0.4, -0.2) is 15.0 Å². The summed E-state index contributed by atoms with van der Waals surface area (Å²) < 4.78 is 0. The normalized spacial score (nSPS) is 10.1. The highest BCUT2D eigenvalue weighted by Crippen LogP contribution is 2.18. The van der Waals surface area contributed by atoms with Gasteiger partial charge in [0, 0.05) is 6.20 Å². The number of hydrogen-bond acceptors (Lipinski definition) is 4. The molecule has 0 aliphatic rings. The molecule has 2 aromatic rings. The maximum Gasteiger partial charge on any atom is 0.271 e. The molecular weight excluding hydrogens is 228 g/mol. The number of pyridine rings is 1. The number of hydrogen-bond donors (Lipinski definition) is 2. The molecule has 0 radical (unpaired) electrons. The lowest BCUT2D eigenvalue weighted by molar-refractivity contribution is 1.12. The molecule has 0 amide bonds. The Bertz CT molecular complexity index is 567. The summed E-state index contributed by atoms with van der Waals surface area (Å²) in [5.74, 6) is 0.317. The first kappa shape index (κ1) is 10.6. The van der Waals surface area contributed by atoms with E-state index in [1.54, 1.807) is 12.4 Å². The molecule has 0 aliphatic carbocycles. The second-order valence-corrected chi connectivity index (χ2v) is 3.65. The summed E-state index contributed by atoms with van der Waals surface area (Å²) in [4.78, 5) is 21.5. The molecule has 16 heavy (non-hydrogen) atoms. The van der Waals surface area contributed by atoms with Gasteiger partial charge in [0.05, 0.1) is 18.2 Å². The first-order valence-corrected chi connectivity index (χ1v) is 4.96. The molecule has 0 unspecified atom stereocenters. The largest absolute Gasteiger partial charge is 0.337 e. The Kier molecular flexibility index (Phi) is 2.87. The summed E-state index contributed by atoms with van der Waals surface area (Å²) in [7, 11) is 0. The van der Waals surface area contributed by atoms with Crippen LogP contribution in [0.5, 0.6) is 0 Å². The number of anilines is 2. The highest BCUT2D eigenvalue weighted by molar-refractivity contribution is 6.32. The number of nitrogens with zero attached hydrogens (tertiary/aromatic N) is 2. The minimum atomic E-state index is -0.375. The van der Waals surface area contributed by atoms with Crippen molar-refractivity contribution in [1.82, 2.24) is 15.0 Å². The molecule has 0 bridgehead atoms. The third-order valence-electron chi connectivity index (χ3n) is 1.93. The van der Waals surface area contributed by atoms with Crippen LogP contribution in [0.25, 0.3) is 0 Å². The van der Waals surface area contributed by atoms with E-state index >= 15 is 0 Å². The van der Waals surface area contributed by atoms with Crippen LogP contribution in [0.4, 0.5) is 11.5 Å². The van der Waals surface area contributed by atoms with Crippen LogP contribution < -0.4 is 10.9 Å². The van der Waals surface area contributed by atoms with Gasteiger partial charge in [0.2, 0.25) is 0 Å². The fourth-order valence-corrected chi connectivity index (χ4v) is 1.38. The molecule has 6 heteroatoms. The number of rotatable bonds is 2. The van der Waals surface area contributed by atoms with Crippen molar-refractivity contribution in [3.8, 4) is 0 Å². The minimum Gasteiger partial charge on any atom is -0.337 e. The maximum atomic E-state index is 11.2. The number of aromatic amines is 1. The van der Waals surface area contributed by atoms with Gasteiger partial charge in [0.25, 0.3) is 5.56 Å². The van der Waals surface area contributed by atoms with Crippen molar-refractivity contribution in [2.75, 3.05) is 5.32 Å². The van der Waals surface area contributed by atoms with Crippen molar-refractivity contribution >= 4 is 23.1 Å². The van der Waals surface area contributed by atoms with Gasteiger partial charge in [-0.3, -0.25) is 9.78 Å². The maximum absolute atomic E-state index is 11.2. The van der Waals surface area contributed by atoms with Gasteiger partial charge >= 0.3 is 0 Å². The first-order chi connectivity index (χ1) is 7.66. The van der Waals surface area contributed by atoms with E-state index in [-0.39, 0.29) is 10.6 Å². The third-order valence-corrected chi connectivity index (χ3v) is 2.28. The Morgan fingerprint density at radius 2 is 2.25 bits per heavy atom. The van der Waals surface area contributed by atoms with Gasteiger partial charge < -0.3 is 10.3 Å². The van der Waals surface area contributed by atoms with E-state index in [1.807, 2.05) is 13.0 Å². The molecule has 0 atom stereocenters. The zero-order chi connectivity index (χ0) is 11.5. The molecule has 2 heterocycles. The SMILES string of the molecule is Cc1cncc(Nc2nc[nH]c(=O)c2Cl)c1. The van der Waals surface area contributed by atoms with Crippen molar-refractivity contribution in [2.45, 2.75) is 6.92 Å². The van der Waals surface area contributed by atoms with Gasteiger partial charge in [0.1, 0.15) is 5.02 Å². The van der Waals surface area contributed by atoms with Crippen molar-refractivity contribution in [3.63, 3.8) is 0 Å². The predicted octanol–water partition coefficient (Wildman–Crippen LogP) is 1.87. The van der Waals surface area contributed by atoms with Gasteiger partial charge in [-0.25, -0.2) is 4.98 Å². The van der Waals surface area contributed by atoms with E-state index in [1.165, 1.54) is 6.33 Å². The van der Waals surface area contributed by atoms with Crippen LogP contribution in [0.1, 0.15) is 5.56 Å². The number of H-pyrrole nitrogens is 1. The molecule has 0 spiro atoms. The monoisotopic (exact) mass is 236 g/mol. The second-order valence-electron chi connectivity index (χ2n) is 3.27. The Morgan fingerprint density at radius 1 is 1.44 bits per heavy atom. The van der Waals surface area contributed by atoms with E-state index in [9.17, 15) is 4.79 Å². The molecule has 82 valence electrons. The molecule has 2 aromatic heterocycles. The Labute approximate surface area is 96.5 Å². The summed E-state index contributed by atoms with van der Waals surface area (Å²) in [5.41, 5.74) is 1.37. The molecule has 5 nitrogen and oxygen atoms in total. The molecule has 2 rings (SSSR count). The molecule has 0 aliphatic heterocycles. The van der Waals surface area contributed by atoms with Crippen molar-refractivity contribution in [1.29, 1.82) is 0 Å². The molecule has 0 fully saturated rings. The summed E-state index contributed by atoms with van der Waals surface area (Å²) in [6.45, 7) is 1.92. The summed E-state index contributed by atoms with van der Waals surface area (Å²) in [6, 6.07) is 1.88. The van der Waals surface area contributed by atoms with E-state index in [0.717, 1.165) is 11.3 Å². The van der Waals surface area contributed by atoms with Crippen LogP contribution in [-0.2, 0) is 0 Å². The van der Waals surface area contributed by atoms with E-state index in [4.69, 9.17) is 11.6 Å². The fourth-order valence-electron chi connectivity index (χ4n) is 1.23. The van der Waals surface area contributed by atoms with Crippen molar-refractivity contribution < 1.29 is 0 Å². The molecular formula is C10H9ClN4O. The van der Waals surface area contributed by atoms with Crippen LogP contribution in [0.2, 0.25) is 5.02 Å². The average Bonchev–Trinajstić information content (AvgIpc) is 2.25. The number of halogens is 1. The van der Waals surface area contributed by atoms with Crippen molar-refractivity contribution in [2.24, 2.45) is 0 Å². The summed E-state index contributed by atoms with van der Waals surface area (Å²) in [6.07, 6.45) is 4.66. The van der Waals surface area contributed by atoms with E-state index in [2.05, 4.69) is 20.3 Å². The second kappa shape index (κ2) is 4.32. The van der Waals surface area contributed by atoms with Crippen LogP contribution in [0, 0.1) is 6.92 Å². The Morgan fingerprint density at radius 3 is 3.00 bits per heavy atom. The lowest BCUT2D eigenvalue weighted by Gasteiger charge is -2.06. The Balaban J connectivity index is 2.34. The molecule has 2 N–H and O–H groups in total. The lowest BCUT2D eigenvalue weighted by atomic mass is 10.3. The summed E-state index contributed by atoms with van der Waals surface area (Å²) >= 11 is 5.79. The highest BCUT2D eigenvalue weighted by Gasteiger charge is 2.05. The van der Waals surface area contributed by atoms with Gasteiger partial charge in [-0.15, -0.1) is 0 Å². The zero-order valence-corrected chi connectivity index (χ0v) is 9.25. The lowest BCUT2D eigenvalue weighted by Crippen LogP contribution is -2.09. The number of aromatic nitrogens is 3. The molecule has 0 saturated heterocycles. The van der Waals surface area contributed by atoms with E-state index < -0.39 is 0 Å². The van der Waals surface area contributed by atoms with Gasteiger partial charge in [-0.05, 0) is 18.6 Å². The third kappa shape index (κ3) is 2.20. The van der Waals surface area contributed by atoms with Gasteiger partial charge in [-0.1, -0.05) is 11.6 Å². The van der Waals surface area contributed by atoms with E-state index in [0.29, 0.717) is 5.82 Å². The van der Waals surface area contributed by atoms with Crippen LogP contribution in [0.15, 0.2) is 29.6 Å². The Hall–Kier alpha value is -1.88. The minimum absolute atomic E-state index is 0.0315. The highest BCUT2D eigenvalue weighted by atomic mass is 35.5. The summed E-state index contributed by atoms with van der Waals surface area (Å²) in [5, 5.41) is 2.96. The van der Waals surface area contributed by atoms with Gasteiger partial charge in [-0.2, -0.15) is 0 Å². The quantitative estimate of drug-likeness (QED) is 0.835. The number of aryl methyl sites for hydroxylation is 1. The predicted molar refractivity (Wildman–Crippen MR) is 62.1 cm³/mol. The standard InChI is InChI=1S/C10H9ClN4O/c1-6-2-7(4-12-3-6)15-9-8(11)10(16)14-5-13-9/h2-5H,1H3,(H2,13,14,15,16). The molecule has 0 aromatic carbocycles. The topological polar surface area (TPSA) is 70.7 Å². The first-order valence-electron chi connectivity index (χ1n) is 4.58. The smallest absolute Gasteiger partial charge is 0.271 e. The zero-order valence-electron chi connectivity index (χ0n) is 8.49. The fraction of sp³-hybridized carbons (Fsp3) is 0.100. The average molecular weight is 237 g/mol. The molecule has 0 saturated carbocycles. The van der Waals surface area contributed by atoms with Crippen molar-refractivity contribution in [3.05, 3.63) is 45.7 Å². The number of nitrogens with one attached hydrogen (secondary N) is 2. The van der Waals surface area contributed by atoms with Crippen LogP contribution in [0.3, 0.4) is 0 Å². The van der Waals surface area contributed by atoms with Crippen LogP contribution >= 0.6 is 11.6 Å².